The molecule has 4 heteroatoms. The highest BCUT2D eigenvalue weighted by Gasteiger charge is 2.37. The highest BCUT2D eigenvalue weighted by molar-refractivity contribution is 6.09. The lowest BCUT2D eigenvalue weighted by Crippen LogP contribution is -2.14. The first-order valence-corrected chi connectivity index (χ1v) is 17.8. The van der Waals surface area contributed by atoms with Crippen LogP contribution in [0, 0.1) is 0 Å². The summed E-state index contributed by atoms with van der Waals surface area (Å²) in [4.78, 5) is 0. The number of furan rings is 1. The zero-order chi connectivity index (χ0) is 35.1. The summed E-state index contributed by atoms with van der Waals surface area (Å²) in [6, 6.07) is 39.3. The van der Waals surface area contributed by atoms with Crippen LogP contribution in [0.25, 0.3) is 66.4 Å². The van der Waals surface area contributed by atoms with Gasteiger partial charge in [-0.25, -0.2) is 0 Å². The zero-order valence-electron chi connectivity index (χ0n) is 29.5. The van der Waals surface area contributed by atoms with Crippen LogP contribution < -0.4 is 9.47 Å². The van der Waals surface area contributed by atoms with Gasteiger partial charge in [0.05, 0.1) is 12.9 Å². The van der Waals surface area contributed by atoms with Gasteiger partial charge in [0.1, 0.15) is 22.7 Å². The summed E-state index contributed by atoms with van der Waals surface area (Å²) in [5.41, 5.74) is 15.8. The Morgan fingerprint density at radius 1 is 0.588 bits per heavy atom. The SMILES string of the molecule is C=COc1cc2oc3cc(OCCCO)c(-c4ccc5c(c4)C(C)(C)c4ccccc4-5)cc3c2cc1-c1ccc2c(c1)C(C)(C)c1ccccc1-2. The third-order valence-electron chi connectivity index (χ3n) is 11.2. The van der Waals surface area contributed by atoms with Gasteiger partial charge in [0.15, 0.2) is 0 Å². The molecule has 2 aliphatic carbocycles. The summed E-state index contributed by atoms with van der Waals surface area (Å²) in [6.45, 7) is 13.5. The van der Waals surface area contributed by atoms with Gasteiger partial charge in [-0.3, -0.25) is 0 Å². The summed E-state index contributed by atoms with van der Waals surface area (Å²) >= 11 is 0. The Balaban J connectivity index is 1.22. The van der Waals surface area contributed by atoms with Crippen molar-refractivity contribution in [1.82, 2.24) is 0 Å². The van der Waals surface area contributed by atoms with E-state index in [-0.39, 0.29) is 17.4 Å². The Bertz CT molecular complexity index is 2550. The van der Waals surface area contributed by atoms with Crippen molar-refractivity contribution in [1.29, 1.82) is 0 Å². The molecule has 0 amide bonds. The maximum absolute atomic E-state index is 9.55. The quantitative estimate of drug-likeness (QED) is 0.129. The monoisotopic (exact) mass is 668 g/mol. The predicted octanol–water partition coefficient (Wildman–Crippen LogP) is 11.8. The fraction of sp³-hybridized carbons (Fsp3) is 0.191. The number of aliphatic hydroxyl groups is 1. The smallest absolute Gasteiger partial charge is 0.139 e. The molecular formula is C47H40O4. The molecule has 4 nitrogen and oxygen atoms in total. The van der Waals surface area contributed by atoms with Gasteiger partial charge in [-0.1, -0.05) is 107 Å². The first kappa shape index (κ1) is 31.4. The number of rotatable bonds is 8. The minimum Gasteiger partial charge on any atom is -0.493 e. The van der Waals surface area contributed by atoms with Crippen molar-refractivity contribution < 1.29 is 19.0 Å². The number of hydrogen-bond acceptors (Lipinski definition) is 4. The van der Waals surface area contributed by atoms with E-state index in [1.54, 1.807) is 0 Å². The Hall–Kier alpha value is -5.58. The van der Waals surface area contributed by atoms with Crippen molar-refractivity contribution in [2.45, 2.75) is 44.9 Å². The minimum absolute atomic E-state index is 0.0638. The van der Waals surface area contributed by atoms with E-state index in [2.05, 4.69) is 131 Å². The second-order valence-electron chi connectivity index (χ2n) is 14.9. The Labute approximate surface area is 298 Å². The van der Waals surface area contributed by atoms with Crippen LogP contribution in [0.15, 0.2) is 126 Å². The van der Waals surface area contributed by atoms with Gasteiger partial charge in [0, 0.05) is 57.9 Å². The van der Waals surface area contributed by atoms with Gasteiger partial charge >= 0.3 is 0 Å². The van der Waals surface area contributed by atoms with Crippen molar-refractivity contribution in [3.05, 3.63) is 144 Å². The number of hydrogen-bond donors (Lipinski definition) is 1. The molecule has 1 aromatic heterocycles. The molecule has 0 spiro atoms. The molecule has 0 atom stereocenters. The van der Waals surface area contributed by atoms with Gasteiger partial charge in [-0.15, -0.1) is 0 Å². The molecule has 0 radical (unpaired) electrons. The second-order valence-corrected chi connectivity index (χ2v) is 14.9. The molecule has 0 fully saturated rings. The van der Waals surface area contributed by atoms with Crippen LogP contribution in [0.5, 0.6) is 11.5 Å². The van der Waals surface area contributed by atoms with E-state index in [4.69, 9.17) is 13.9 Å². The second kappa shape index (κ2) is 11.5. The van der Waals surface area contributed by atoms with Crippen molar-refractivity contribution in [3.63, 3.8) is 0 Å². The summed E-state index contributed by atoms with van der Waals surface area (Å²) in [5, 5.41) is 11.5. The van der Waals surface area contributed by atoms with E-state index < -0.39 is 0 Å². The summed E-state index contributed by atoms with van der Waals surface area (Å²) in [6.07, 6.45) is 2.01. The third-order valence-corrected chi connectivity index (χ3v) is 11.2. The number of ether oxygens (including phenoxy) is 2. The fourth-order valence-electron chi connectivity index (χ4n) is 8.58. The molecule has 2 aliphatic rings. The van der Waals surface area contributed by atoms with Crippen molar-refractivity contribution >= 4 is 21.9 Å². The molecule has 0 bridgehead atoms. The fourth-order valence-corrected chi connectivity index (χ4v) is 8.58. The molecule has 6 aromatic carbocycles. The molecular weight excluding hydrogens is 629 g/mol. The average molecular weight is 669 g/mol. The molecule has 1 N–H and O–H groups in total. The molecule has 0 saturated carbocycles. The first-order valence-electron chi connectivity index (χ1n) is 17.8. The van der Waals surface area contributed by atoms with Crippen molar-refractivity contribution in [2.75, 3.05) is 13.2 Å². The number of aliphatic hydroxyl groups excluding tert-OH is 1. The molecule has 51 heavy (non-hydrogen) atoms. The Morgan fingerprint density at radius 2 is 1.08 bits per heavy atom. The van der Waals surface area contributed by atoms with Gasteiger partial charge in [-0.2, -0.15) is 0 Å². The topological polar surface area (TPSA) is 51.8 Å². The van der Waals surface area contributed by atoms with E-state index >= 15 is 0 Å². The van der Waals surface area contributed by atoms with Crippen molar-refractivity contribution in [2.24, 2.45) is 0 Å². The maximum atomic E-state index is 9.55. The van der Waals surface area contributed by atoms with E-state index in [9.17, 15) is 5.11 Å². The predicted molar refractivity (Wildman–Crippen MR) is 208 cm³/mol. The van der Waals surface area contributed by atoms with E-state index in [0.717, 1.165) is 49.9 Å². The van der Waals surface area contributed by atoms with Gasteiger partial charge in [0.2, 0.25) is 0 Å². The standard InChI is InChI=1S/C47H40O4/c1-6-49-42-26-44-36(24-34(42)28-16-18-32-30-12-7-9-14-38(30)46(2,3)40(32)22-28)37-25-35(43(27-45(37)51-44)50-21-11-20-48)29-17-19-33-31-13-8-10-15-39(31)47(4,5)41(33)23-29/h6-10,12-19,22-27,48H,1,11,20-21H2,2-5H3. The lowest BCUT2D eigenvalue weighted by atomic mass is 9.81. The molecule has 9 rings (SSSR count). The lowest BCUT2D eigenvalue weighted by Gasteiger charge is -2.22. The van der Waals surface area contributed by atoms with E-state index in [1.165, 1.54) is 50.8 Å². The number of benzene rings is 6. The zero-order valence-corrected chi connectivity index (χ0v) is 29.5. The normalized spacial score (nSPS) is 14.6. The molecule has 252 valence electrons. The van der Waals surface area contributed by atoms with Crippen LogP contribution >= 0.6 is 0 Å². The summed E-state index contributed by atoms with van der Waals surface area (Å²) in [7, 11) is 0. The van der Waals surface area contributed by atoms with Gasteiger partial charge in [-0.05, 0) is 79.9 Å². The number of fused-ring (bicyclic) bond motifs is 9. The largest absolute Gasteiger partial charge is 0.493 e. The molecule has 0 unspecified atom stereocenters. The average Bonchev–Trinajstić information content (AvgIpc) is 3.69. The van der Waals surface area contributed by atoms with Crippen LogP contribution in [0.1, 0.15) is 56.4 Å². The van der Waals surface area contributed by atoms with Crippen LogP contribution in [-0.2, 0) is 10.8 Å². The Morgan fingerprint density at radius 3 is 1.61 bits per heavy atom. The van der Waals surface area contributed by atoms with E-state index in [0.29, 0.717) is 18.8 Å². The summed E-state index contributed by atoms with van der Waals surface area (Å²) < 4.78 is 18.9. The van der Waals surface area contributed by atoms with Gasteiger partial charge in [0.25, 0.3) is 0 Å². The van der Waals surface area contributed by atoms with E-state index in [1.807, 2.05) is 12.1 Å². The van der Waals surface area contributed by atoms with Crippen LogP contribution in [0.2, 0.25) is 0 Å². The Kier molecular flexibility index (Phi) is 7.07. The molecule has 0 aliphatic heterocycles. The highest BCUT2D eigenvalue weighted by atomic mass is 16.5. The van der Waals surface area contributed by atoms with Crippen LogP contribution in [0.4, 0.5) is 0 Å². The minimum atomic E-state index is -0.130. The van der Waals surface area contributed by atoms with Crippen LogP contribution in [0.3, 0.4) is 0 Å². The first-order chi connectivity index (χ1) is 24.7. The third kappa shape index (κ3) is 4.70. The maximum Gasteiger partial charge on any atom is 0.139 e. The summed E-state index contributed by atoms with van der Waals surface area (Å²) in [5.74, 6) is 1.41. The van der Waals surface area contributed by atoms with Crippen LogP contribution in [-0.4, -0.2) is 18.3 Å². The molecule has 7 aromatic rings. The van der Waals surface area contributed by atoms with Gasteiger partial charge < -0.3 is 19.0 Å². The molecule has 0 saturated heterocycles. The molecule has 1 heterocycles. The van der Waals surface area contributed by atoms with Crippen molar-refractivity contribution in [3.8, 4) is 56.0 Å². The highest BCUT2D eigenvalue weighted by Crippen LogP contribution is 2.52. The lowest BCUT2D eigenvalue weighted by molar-refractivity contribution is 0.234.